The van der Waals surface area contributed by atoms with Gasteiger partial charge >= 0.3 is 0 Å². The lowest BCUT2D eigenvalue weighted by molar-refractivity contribution is 0.00699. The van der Waals surface area contributed by atoms with E-state index in [1.807, 2.05) is 26.0 Å². The number of aryl methyl sites for hydroxylation is 1. The summed E-state index contributed by atoms with van der Waals surface area (Å²) in [5.74, 6) is 0. The molecule has 124 valence electrons. The third kappa shape index (κ3) is 4.32. The molecule has 0 spiro atoms. The van der Waals surface area contributed by atoms with E-state index in [1.54, 1.807) is 43.5 Å². The fourth-order valence-corrected chi connectivity index (χ4v) is 3.46. The predicted molar refractivity (Wildman–Crippen MR) is 92.2 cm³/mol. The molecule has 0 saturated heterocycles. The second-order valence-electron chi connectivity index (χ2n) is 5.58. The van der Waals surface area contributed by atoms with Gasteiger partial charge in [0.25, 0.3) is 0 Å². The minimum Gasteiger partial charge on any atom is -0.372 e. The fraction of sp³-hybridized carbons (Fsp3) is 0.294. The van der Waals surface area contributed by atoms with Crippen molar-refractivity contribution in [2.24, 2.45) is 0 Å². The van der Waals surface area contributed by atoms with Gasteiger partial charge in [0.1, 0.15) is 5.60 Å². The lowest BCUT2D eigenvalue weighted by Gasteiger charge is -2.29. The van der Waals surface area contributed by atoms with Gasteiger partial charge < -0.3 is 4.74 Å². The molecular weight excluding hydrogens is 334 g/mol. The number of ether oxygens (including phenoxy) is 1. The van der Waals surface area contributed by atoms with Gasteiger partial charge in [-0.05, 0) is 43.7 Å². The molecule has 6 heteroatoms. The summed E-state index contributed by atoms with van der Waals surface area (Å²) < 4.78 is 33.0. The number of halogens is 1. The smallest absolute Gasteiger partial charge is 0.240 e. The molecule has 0 aliphatic rings. The Bertz CT molecular complexity index is 775. The maximum atomic E-state index is 12.4. The van der Waals surface area contributed by atoms with Crippen LogP contribution in [-0.4, -0.2) is 22.1 Å². The molecule has 0 aliphatic heterocycles. The van der Waals surface area contributed by atoms with E-state index in [1.165, 1.54) is 0 Å². The van der Waals surface area contributed by atoms with Crippen molar-refractivity contribution in [1.82, 2.24) is 4.72 Å². The van der Waals surface area contributed by atoms with Crippen molar-refractivity contribution in [3.63, 3.8) is 0 Å². The largest absolute Gasteiger partial charge is 0.372 e. The SMILES string of the molecule is COC(C)(CNS(=O)(=O)c1ccc(C)cc1)c1cccc(Cl)c1. The zero-order chi connectivity index (χ0) is 17.1. The van der Waals surface area contributed by atoms with E-state index < -0.39 is 15.6 Å². The molecule has 0 fully saturated rings. The number of methoxy groups -OCH3 is 1. The third-order valence-corrected chi connectivity index (χ3v) is 5.47. The first-order chi connectivity index (χ1) is 10.8. The van der Waals surface area contributed by atoms with Crippen molar-refractivity contribution >= 4 is 21.6 Å². The van der Waals surface area contributed by atoms with E-state index in [2.05, 4.69) is 4.72 Å². The summed E-state index contributed by atoms with van der Waals surface area (Å²) in [5, 5.41) is 0.576. The van der Waals surface area contributed by atoms with E-state index >= 15 is 0 Å². The number of sulfonamides is 1. The van der Waals surface area contributed by atoms with Crippen LogP contribution in [0.25, 0.3) is 0 Å². The number of rotatable bonds is 6. The lowest BCUT2D eigenvalue weighted by Crippen LogP contribution is -2.40. The molecule has 0 heterocycles. The molecule has 2 aromatic carbocycles. The van der Waals surface area contributed by atoms with Crippen LogP contribution in [0, 0.1) is 6.92 Å². The van der Waals surface area contributed by atoms with Crippen molar-refractivity contribution in [2.45, 2.75) is 24.3 Å². The molecule has 0 bridgehead atoms. The van der Waals surface area contributed by atoms with Crippen molar-refractivity contribution < 1.29 is 13.2 Å². The van der Waals surface area contributed by atoms with E-state index in [4.69, 9.17) is 16.3 Å². The molecule has 4 nitrogen and oxygen atoms in total. The van der Waals surface area contributed by atoms with Crippen molar-refractivity contribution in [2.75, 3.05) is 13.7 Å². The van der Waals surface area contributed by atoms with Gasteiger partial charge in [-0.3, -0.25) is 0 Å². The Morgan fingerprint density at radius 2 is 1.83 bits per heavy atom. The highest BCUT2D eigenvalue weighted by atomic mass is 35.5. The zero-order valence-corrected chi connectivity index (χ0v) is 14.9. The second-order valence-corrected chi connectivity index (χ2v) is 7.79. The van der Waals surface area contributed by atoms with Crippen LogP contribution in [0.1, 0.15) is 18.1 Å². The first-order valence-corrected chi connectivity index (χ1v) is 9.00. The highest BCUT2D eigenvalue weighted by molar-refractivity contribution is 7.89. The summed E-state index contributed by atoms with van der Waals surface area (Å²) in [6, 6.07) is 13.9. The summed E-state index contributed by atoms with van der Waals surface area (Å²) >= 11 is 6.01. The van der Waals surface area contributed by atoms with Gasteiger partial charge in [0.05, 0.1) is 4.90 Å². The molecule has 0 aliphatic carbocycles. The first kappa shape index (κ1) is 17.9. The molecule has 0 amide bonds. The van der Waals surface area contributed by atoms with E-state index in [-0.39, 0.29) is 11.4 Å². The predicted octanol–water partition coefficient (Wildman–Crippen LogP) is 3.49. The Morgan fingerprint density at radius 3 is 2.39 bits per heavy atom. The minimum absolute atomic E-state index is 0.0973. The Morgan fingerprint density at radius 1 is 1.17 bits per heavy atom. The summed E-state index contributed by atoms with van der Waals surface area (Å²) in [7, 11) is -2.06. The third-order valence-electron chi connectivity index (χ3n) is 3.82. The van der Waals surface area contributed by atoms with Crippen LogP contribution in [0.5, 0.6) is 0 Å². The molecule has 0 radical (unpaired) electrons. The van der Waals surface area contributed by atoms with Gasteiger partial charge in [0, 0.05) is 18.7 Å². The van der Waals surface area contributed by atoms with Gasteiger partial charge in [-0.2, -0.15) is 0 Å². The Hall–Kier alpha value is -1.40. The molecule has 23 heavy (non-hydrogen) atoms. The van der Waals surface area contributed by atoms with Crippen LogP contribution >= 0.6 is 11.6 Å². The van der Waals surface area contributed by atoms with Crippen LogP contribution in [-0.2, 0) is 20.4 Å². The summed E-state index contributed by atoms with van der Waals surface area (Å²) in [6.45, 7) is 3.82. The number of nitrogens with one attached hydrogen (secondary N) is 1. The summed E-state index contributed by atoms with van der Waals surface area (Å²) in [6.07, 6.45) is 0. The monoisotopic (exact) mass is 353 g/mol. The highest BCUT2D eigenvalue weighted by Gasteiger charge is 2.29. The average molecular weight is 354 g/mol. The molecular formula is C17H20ClNO3S. The Balaban J connectivity index is 2.21. The molecule has 1 N–H and O–H groups in total. The molecule has 0 saturated carbocycles. The van der Waals surface area contributed by atoms with E-state index in [0.717, 1.165) is 11.1 Å². The number of hydrogen-bond acceptors (Lipinski definition) is 3. The Kier molecular flexibility index (Phi) is 5.47. The van der Waals surface area contributed by atoms with Crippen molar-refractivity contribution in [3.05, 3.63) is 64.7 Å². The average Bonchev–Trinajstić information content (AvgIpc) is 2.53. The minimum atomic E-state index is -3.60. The topological polar surface area (TPSA) is 55.4 Å². The standard InChI is InChI=1S/C17H20ClNO3S/c1-13-7-9-16(10-8-13)23(20,21)19-12-17(2,22-3)14-5-4-6-15(18)11-14/h4-11,19H,12H2,1-3H3. The van der Waals surface area contributed by atoms with Gasteiger partial charge in [-0.15, -0.1) is 0 Å². The van der Waals surface area contributed by atoms with E-state index in [9.17, 15) is 8.42 Å². The second kappa shape index (κ2) is 7.01. The molecule has 0 aromatic heterocycles. The molecule has 1 atom stereocenters. The molecule has 2 rings (SSSR count). The highest BCUT2D eigenvalue weighted by Crippen LogP contribution is 2.26. The zero-order valence-electron chi connectivity index (χ0n) is 13.3. The van der Waals surface area contributed by atoms with Gasteiger partial charge in [0.15, 0.2) is 0 Å². The lowest BCUT2D eigenvalue weighted by atomic mass is 9.96. The molecule has 1 unspecified atom stereocenters. The van der Waals surface area contributed by atoms with Crippen molar-refractivity contribution in [1.29, 1.82) is 0 Å². The van der Waals surface area contributed by atoms with Crippen LogP contribution in [0.4, 0.5) is 0 Å². The van der Waals surface area contributed by atoms with Gasteiger partial charge in [-0.25, -0.2) is 13.1 Å². The quantitative estimate of drug-likeness (QED) is 0.864. The number of benzene rings is 2. The maximum Gasteiger partial charge on any atom is 0.240 e. The normalized spacial score (nSPS) is 14.4. The summed E-state index contributed by atoms with van der Waals surface area (Å²) in [4.78, 5) is 0.229. The first-order valence-electron chi connectivity index (χ1n) is 7.14. The van der Waals surface area contributed by atoms with Gasteiger partial charge in [-0.1, -0.05) is 41.4 Å². The molecule has 2 aromatic rings. The van der Waals surface area contributed by atoms with Crippen LogP contribution < -0.4 is 4.72 Å². The van der Waals surface area contributed by atoms with E-state index in [0.29, 0.717) is 5.02 Å². The van der Waals surface area contributed by atoms with Gasteiger partial charge in [0.2, 0.25) is 10.0 Å². The fourth-order valence-electron chi connectivity index (χ4n) is 2.14. The summed E-state index contributed by atoms with van der Waals surface area (Å²) in [5.41, 5.74) is 0.992. The van der Waals surface area contributed by atoms with Crippen LogP contribution in [0.15, 0.2) is 53.4 Å². The van der Waals surface area contributed by atoms with Crippen LogP contribution in [0.2, 0.25) is 5.02 Å². The Labute approximate surface area is 142 Å². The van der Waals surface area contributed by atoms with Crippen LogP contribution in [0.3, 0.4) is 0 Å². The number of hydrogen-bond donors (Lipinski definition) is 1. The maximum absolute atomic E-state index is 12.4. The van der Waals surface area contributed by atoms with Crippen molar-refractivity contribution in [3.8, 4) is 0 Å².